The van der Waals surface area contributed by atoms with Crippen LogP contribution >= 0.6 is 34.5 Å². The largest absolute Gasteiger partial charge is 0.274 e. The molecule has 0 atom stereocenters. The lowest BCUT2D eigenvalue weighted by molar-refractivity contribution is 0.602. The molecule has 0 unspecified atom stereocenters. The van der Waals surface area contributed by atoms with Crippen LogP contribution < -0.4 is 4.72 Å². The summed E-state index contributed by atoms with van der Waals surface area (Å²) in [5, 5.41) is 0.203. The quantitative estimate of drug-likeness (QED) is 0.881. The second-order valence-corrected chi connectivity index (χ2v) is 7.14. The smallest absolute Gasteiger partial charge is 0.263 e. The van der Waals surface area contributed by atoms with Gasteiger partial charge in [-0.25, -0.2) is 18.4 Å². The molecule has 0 aromatic carbocycles. The zero-order valence-electron chi connectivity index (χ0n) is 9.02. The van der Waals surface area contributed by atoms with Gasteiger partial charge in [0.2, 0.25) is 0 Å². The molecule has 18 heavy (non-hydrogen) atoms. The Hall–Kier alpha value is -0.890. The summed E-state index contributed by atoms with van der Waals surface area (Å²) in [5.74, 6) is 0.145. The number of pyridine rings is 1. The number of hydrogen-bond acceptors (Lipinski definition) is 5. The molecule has 0 aliphatic heterocycles. The molecule has 0 bridgehead atoms. The second-order valence-electron chi connectivity index (χ2n) is 3.29. The van der Waals surface area contributed by atoms with E-state index in [1.807, 2.05) is 0 Å². The van der Waals surface area contributed by atoms with Gasteiger partial charge in [-0.05, 0) is 19.1 Å². The van der Waals surface area contributed by atoms with Crippen molar-refractivity contribution in [2.24, 2.45) is 0 Å². The van der Waals surface area contributed by atoms with Gasteiger partial charge in [0.15, 0.2) is 8.68 Å². The fraction of sp³-hybridized carbons (Fsp3) is 0.111. The van der Waals surface area contributed by atoms with Crippen molar-refractivity contribution >= 4 is 50.4 Å². The van der Waals surface area contributed by atoms with Crippen LogP contribution in [-0.4, -0.2) is 18.4 Å². The molecule has 2 rings (SSSR count). The maximum Gasteiger partial charge on any atom is 0.274 e. The fourth-order valence-corrected chi connectivity index (χ4v) is 4.15. The van der Waals surface area contributed by atoms with Gasteiger partial charge in [-0.15, -0.1) is 0 Å². The van der Waals surface area contributed by atoms with E-state index in [-0.39, 0.29) is 19.6 Å². The Morgan fingerprint density at radius 1 is 1.28 bits per heavy atom. The van der Waals surface area contributed by atoms with E-state index < -0.39 is 10.0 Å². The second kappa shape index (κ2) is 5.00. The van der Waals surface area contributed by atoms with Gasteiger partial charge in [-0.3, -0.25) is 4.72 Å². The van der Waals surface area contributed by atoms with E-state index in [9.17, 15) is 8.42 Å². The zero-order valence-corrected chi connectivity index (χ0v) is 12.2. The van der Waals surface area contributed by atoms with E-state index in [0.29, 0.717) is 5.69 Å². The maximum absolute atomic E-state index is 12.1. The van der Waals surface area contributed by atoms with Gasteiger partial charge >= 0.3 is 0 Å². The van der Waals surface area contributed by atoms with E-state index >= 15 is 0 Å². The minimum atomic E-state index is -3.74. The van der Waals surface area contributed by atoms with Crippen molar-refractivity contribution in [1.82, 2.24) is 9.97 Å². The summed E-state index contributed by atoms with van der Waals surface area (Å²) in [6.45, 7) is 1.57. The lowest BCUT2D eigenvalue weighted by Gasteiger charge is -2.05. The predicted octanol–water partition coefficient (Wildman–Crippen LogP) is 2.95. The summed E-state index contributed by atoms with van der Waals surface area (Å²) in [6.07, 6.45) is 0. The Morgan fingerprint density at radius 3 is 2.56 bits per heavy atom. The highest BCUT2D eigenvalue weighted by Gasteiger charge is 2.21. The fourth-order valence-electron chi connectivity index (χ4n) is 1.25. The summed E-state index contributed by atoms with van der Waals surface area (Å²) in [7, 11) is -3.74. The lowest BCUT2D eigenvalue weighted by atomic mass is 10.5. The Balaban J connectivity index is 2.36. The van der Waals surface area contributed by atoms with Crippen LogP contribution in [0, 0.1) is 6.92 Å². The minimum absolute atomic E-state index is 0.0641. The van der Waals surface area contributed by atoms with Crippen LogP contribution in [0.15, 0.2) is 22.4 Å². The molecule has 0 fully saturated rings. The maximum atomic E-state index is 12.1. The standard InChI is InChI=1S/C9H7Cl2N3O2S2/c1-5-8(17-9(11)12-5)18(15,16)14-7-4-2-3-6(10)13-7/h2-4H,1H3,(H,13,14). The number of hydrogen-bond donors (Lipinski definition) is 1. The molecule has 2 aromatic heterocycles. The molecule has 2 aromatic rings. The number of sulfonamides is 1. The number of anilines is 1. The molecule has 0 amide bonds. The van der Waals surface area contributed by atoms with Gasteiger partial charge in [0.25, 0.3) is 10.0 Å². The highest BCUT2D eigenvalue weighted by atomic mass is 35.5. The van der Waals surface area contributed by atoms with Crippen LogP contribution in [0.25, 0.3) is 0 Å². The molecule has 9 heteroatoms. The average Bonchev–Trinajstić information content (AvgIpc) is 2.58. The number of rotatable bonds is 3. The van der Waals surface area contributed by atoms with Gasteiger partial charge < -0.3 is 0 Å². The zero-order chi connectivity index (χ0) is 13.3. The number of nitrogens with zero attached hydrogens (tertiary/aromatic N) is 2. The summed E-state index contributed by atoms with van der Waals surface area (Å²) in [4.78, 5) is 7.70. The van der Waals surface area contributed by atoms with E-state index in [1.165, 1.54) is 6.07 Å². The number of thiazole rings is 1. The van der Waals surface area contributed by atoms with E-state index in [1.54, 1.807) is 19.1 Å². The highest BCUT2D eigenvalue weighted by molar-refractivity contribution is 7.94. The molecule has 0 aliphatic rings. The lowest BCUT2D eigenvalue weighted by Crippen LogP contribution is -2.13. The Bertz CT molecular complexity index is 685. The topological polar surface area (TPSA) is 72.0 Å². The van der Waals surface area contributed by atoms with Crippen LogP contribution in [0.1, 0.15) is 5.69 Å². The van der Waals surface area contributed by atoms with Gasteiger partial charge in [0.05, 0.1) is 5.69 Å². The van der Waals surface area contributed by atoms with Gasteiger partial charge in [0.1, 0.15) is 11.0 Å². The van der Waals surface area contributed by atoms with Crippen molar-refractivity contribution in [3.05, 3.63) is 33.5 Å². The van der Waals surface area contributed by atoms with Crippen LogP contribution in [0.3, 0.4) is 0 Å². The molecule has 0 aliphatic carbocycles. The SMILES string of the molecule is Cc1nc(Cl)sc1S(=O)(=O)Nc1cccc(Cl)n1. The van der Waals surface area contributed by atoms with E-state index in [4.69, 9.17) is 23.2 Å². The number of halogens is 2. The third-order valence-corrected chi connectivity index (χ3v) is 5.36. The first-order valence-corrected chi connectivity index (χ1v) is 7.72. The monoisotopic (exact) mass is 323 g/mol. The van der Waals surface area contributed by atoms with Crippen LogP contribution in [0.2, 0.25) is 9.62 Å². The van der Waals surface area contributed by atoms with Crippen LogP contribution in [0.5, 0.6) is 0 Å². The van der Waals surface area contributed by atoms with E-state index in [0.717, 1.165) is 11.3 Å². The summed E-state index contributed by atoms with van der Waals surface area (Å²) < 4.78 is 26.7. The summed E-state index contributed by atoms with van der Waals surface area (Å²) in [6, 6.07) is 4.65. The normalized spacial score (nSPS) is 11.5. The summed E-state index contributed by atoms with van der Waals surface area (Å²) >= 11 is 12.2. The molecule has 5 nitrogen and oxygen atoms in total. The van der Waals surface area contributed by atoms with Crippen molar-refractivity contribution in [2.75, 3.05) is 4.72 Å². The predicted molar refractivity (Wildman–Crippen MR) is 71.9 cm³/mol. The van der Waals surface area contributed by atoms with Gasteiger partial charge in [0, 0.05) is 0 Å². The van der Waals surface area contributed by atoms with Crippen molar-refractivity contribution in [2.45, 2.75) is 11.1 Å². The molecule has 0 spiro atoms. The van der Waals surface area contributed by atoms with Crippen LogP contribution in [-0.2, 0) is 10.0 Å². The molecule has 0 saturated heterocycles. The highest BCUT2D eigenvalue weighted by Crippen LogP contribution is 2.28. The summed E-state index contributed by atoms with van der Waals surface area (Å²) in [5.41, 5.74) is 0.347. The molecule has 0 radical (unpaired) electrons. The first kappa shape index (κ1) is 13.5. The third kappa shape index (κ3) is 2.92. The first-order chi connectivity index (χ1) is 8.38. The Morgan fingerprint density at radius 2 is 2.00 bits per heavy atom. The number of nitrogens with one attached hydrogen (secondary N) is 1. The Labute approximate surface area is 118 Å². The molecular formula is C9H7Cl2N3O2S2. The molecule has 1 N–H and O–H groups in total. The van der Waals surface area contributed by atoms with Crippen molar-refractivity contribution in [3.63, 3.8) is 0 Å². The molecule has 2 heterocycles. The number of aromatic nitrogens is 2. The minimum Gasteiger partial charge on any atom is -0.263 e. The number of aryl methyl sites for hydroxylation is 1. The van der Waals surface area contributed by atoms with E-state index in [2.05, 4.69) is 14.7 Å². The first-order valence-electron chi connectivity index (χ1n) is 4.67. The molecule has 96 valence electrons. The molecular weight excluding hydrogens is 317 g/mol. The van der Waals surface area contributed by atoms with Gasteiger partial charge in [-0.2, -0.15) is 0 Å². The molecule has 0 saturated carbocycles. The average molecular weight is 324 g/mol. The van der Waals surface area contributed by atoms with Crippen molar-refractivity contribution in [3.8, 4) is 0 Å². The van der Waals surface area contributed by atoms with Gasteiger partial charge in [-0.1, -0.05) is 40.6 Å². The van der Waals surface area contributed by atoms with Crippen molar-refractivity contribution < 1.29 is 8.42 Å². The van der Waals surface area contributed by atoms with Crippen molar-refractivity contribution in [1.29, 1.82) is 0 Å². The van der Waals surface area contributed by atoms with Crippen LogP contribution in [0.4, 0.5) is 5.82 Å². The third-order valence-electron chi connectivity index (χ3n) is 1.93. The Kier molecular flexibility index (Phi) is 3.76.